The van der Waals surface area contributed by atoms with Gasteiger partial charge >= 0.3 is 5.97 Å². The van der Waals surface area contributed by atoms with Crippen LogP contribution in [0.25, 0.3) is 0 Å². The van der Waals surface area contributed by atoms with Gasteiger partial charge in [-0.1, -0.05) is 23.2 Å². The maximum absolute atomic E-state index is 13.2. The summed E-state index contributed by atoms with van der Waals surface area (Å²) in [4.78, 5) is 23.2. The van der Waals surface area contributed by atoms with Crippen LogP contribution in [0.5, 0.6) is 0 Å². The Morgan fingerprint density at radius 3 is 2.00 bits per heavy atom. The zero-order valence-corrected chi connectivity index (χ0v) is 11.7. The van der Waals surface area contributed by atoms with Gasteiger partial charge in [0.2, 0.25) is 0 Å². The maximum atomic E-state index is 13.2. The third-order valence-electron chi connectivity index (χ3n) is 2.44. The van der Waals surface area contributed by atoms with E-state index in [4.69, 9.17) is 28.3 Å². The normalized spacial score (nSPS) is 10.6. The molecule has 0 fully saturated rings. The molecule has 20 heavy (non-hydrogen) atoms. The van der Waals surface area contributed by atoms with Gasteiger partial charge in [-0.25, -0.2) is 13.6 Å². The monoisotopic (exact) mass is 336 g/mol. The molecule has 0 radical (unpaired) electrons. The van der Waals surface area contributed by atoms with Crippen molar-refractivity contribution in [1.82, 2.24) is 0 Å². The molecule has 104 valence electrons. The zero-order chi connectivity index (χ0) is 15.0. The van der Waals surface area contributed by atoms with Crippen LogP contribution in [0.1, 0.15) is 26.3 Å². The largest absolute Gasteiger partial charge is 0.478 e. The van der Waals surface area contributed by atoms with Crippen LogP contribution in [-0.4, -0.2) is 16.9 Å². The molecular weight excluding hydrogens is 333 g/mol. The zero-order valence-electron chi connectivity index (χ0n) is 9.42. The smallest absolute Gasteiger partial charge is 0.336 e. The van der Waals surface area contributed by atoms with Crippen molar-refractivity contribution >= 4 is 46.3 Å². The second kappa shape index (κ2) is 5.47. The number of hydrogen-bond acceptors (Lipinski definition) is 3. The summed E-state index contributed by atoms with van der Waals surface area (Å²) in [6.07, 6.45) is 0. The van der Waals surface area contributed by atoms with Crippen molar-refractivity contribution in [3.05, 3.63) is 55.2 Å². The number of benzene rings is 1. The Labute approximate surface area is 125 Å². The molecule has 0 spiro atoms. The molecule has 2 aromatic rings. The molecule has 1 N–H and O–H groups in total. The van der Waals surface area contributed by atoms with E-state index in [0.29, 0.717) is 12.1 Å². The van der Waals surface area contributed by atoms with Crippen LogP contribution in [0.3, 0.4) is 0 Å². The van der Waals surface area contributed by atoms with Crippen LogP contribution in [0.4, 0.5) is 8.78 Å². The molecule has 0 saturated carbocycles. The highest BCUT2D eigenvalue weighted by Crippen LogP contribution is 2.33. The van der Waals surface area contributed by atoms with Gasteiger partial charge in [0.15, 0.2) is 17.4 Å². The second-order valence-electron chi connectivity index (χ2n) is 3.68. The van der Waals surface area contributed by atoms with Crippen molar-refractivity contribution in [3.8, 4) is 0 Å². The van der Waals surface area contributed by atoms with Crippen LogP contribution in [0, 0.1) is 11.6 Å². The van der Waals surface area contributed by atoms with Crippen LogP contribution in [0.15, 0.2) is 18.2 Å². The molecule has 0 atom stereocenters. The summed E-state index contributed by atoms with van der Waals surface area (Å²) < 4.78 is 26.6. The van der Waals surface area contributed by atoms with Crippen molar-refractivity contribution in [2.75, 3.05) is 0 Å². The van der Waals surface area contributed by atoms with Gasteiger partial charge in [-0.05, 0) is 18.2 Å². The van der Waals surface area contributed by atoms with Gasteiger partial charge in [0.25, 0.3) is 0 Å². The number of carboxylic acids is 1. The first kappa shape index (κ1) is 14.9. The topological polar surface area (TPSA) is 54.4 Å². The molecule has 3 nitrogen and oxygen atoms in total. The number of halogens is 4. The van der Waals surface area contributed by atoms with E-state index in [1.54, 1.807) is 0 Å². The molecule has 2 rings (SSSR count). The Morgan fingerprint density at radius 2 is 1.55 bits per heavy atom. The van der Waals surface area contributed by atoms with E-state index in [9.17, 15) is 18.4 Å². The Kier molecular flexibility index (Phi) is 4.08. The molecule has 0 amide bonds. The van der Waals surface area contributed by atoms with Crippen molar-refractivity contribution in [1.29, 1.82) is 0 Å². The fourth-order valence-electron chi connectivity index (χ4n) is 1.55. The molecule has 0 aliphatic heterocycles. The molecule has 1 aromatic carbocycles. The predicted octanol–water partition coefficient (Wildman–Crippen LogP) is 4.26. The first-order chi connectivity index (χ1) is 9.31. The molecule has 0 bridgehead atoms. The average Bonchev–Trinajstić information content (AvgIpc) is 2.70. The van der Waals surface area contributed by atoms with Gasteiger partial charge in [0.05, 0.1) is 15.5 Å². The lowest BCUT2D eigenvalue weighted by molar-refractivity contribution is 0.0692. The Hall–Kier alpha value is -1.50. The minimum Gasteiger partial charge on any atom is -0.478 e. The molecule has 1 aromatic heterocycles. The van der Waals surface area contributed by atoms with E-state index in [0.717, 1.165) is 11.3 Å². The fraction of sp³-hybridized carbons (Fsp3) is 0. The number of carboxylic acid groups (broad SMARTS) is 1. The summed E-state index contributed by atoms with van der Waals surface area (Å²) in [6, 6.07) is 2.22. The summed E-state index contributed by atoms with van der Waals surface area (Å²) in [7, 11) is 0. The van der Waals surface area contributed by atoms with E-state index < -0.39 is 34.5 Å². The van der Waals surface area contributed by atoms with E-state index >= 15 is 0 Å². The molecule has 8 heteroatoms. The van der Waals surface area contributed by atoms with Crippen LogP contribution in [0.2, 0.25) is 8.67 Å². The quantitative estimate of drug-likeness (QED) is 0.852. The number of rotatable bonds is 3. The summed E-state index contributed by atoms with van der Waals surface area (Å²) in [5.74, 6) is -5.07. The van der Waals surface area contributed by atoms with Gasteiger partial charge in [-0.2, -0.15) is 0 Å². The fourth-order valence-corrected chi connectivity index (χ4v) is 3.01. The number of aromatic carboxylic acids is 1. The highest BCUT2D eigenvalue weighted by atomic mass is 35.5. The third-order valence-corrected chi connectivity index (χ3v) is 3.92. The van der Waals surface area contributed by atoms with Gasteiger partial charge in [-0.3, -0.25) is 4.79 Å². The lowest BCUT2D eigenvalue weighted by Gasteiger charge is -2.05. The lowest BCUT2D eigenvalue weighted by Crippen LogP contribution is -2.11. The van der Waals surface area contributed by atoms with E-state index in [1.165, 1.54) is 6.07 Å². The number of carbonyl (C=O) groups excluding carboxylic acids is 1. The maximum Gasteiger partial charge on any atom is 0.336 e. The first-order valence-corrected chi connectivity index (χ1v) is 6.60. The Morgan fingerprint density at radius 1 is 1.00 bits per heavy atom. The standard InChI is InChI=1S/C12H4Cl2F2O3S/c13-9-3-6(11(14)20-9)10(17)4-1-7(15)8(16)2-5(4)12(18)19/h1-3H,(H,18,19). The number of carbonyl (C=O) groups is 2. The van der Waals surface area contributed by atoms with Crippen molar-refractivity contribution < 1.29 is 23.5 Å². The number of hydrogen-bond donors (Lipinski definition) is 1. The summed E-state index contributed by atoms with van der Waals surface area (Å²) in [6.45, 7) is 0. The van der Waals surface area contributed by atoms with Crippen molar-refractivity contribution in [3.63, 3.8) is 0 Å². The summed E-state index contributed by atoms with van der Waals surface area (Å²) in [5.41, 5.74) is -1.20. The predicted molar refractivity (Wildman–Crippen MR) is 71.1 cm³/mol. The first-order valence-electron chi connectivity index (χ1n) is 5.03. The van der Waals surface area contributed by atoms with Gasteiger partial charge in [-0.15, -0.1) is 11.3 Å². The van der Waals surface area contributed by atoms with E-state index in [2.05, 4.69) is 0 Å². The highest BCUT2D eigenvalue weighted by Gasteiger charge is 2.24. The van der Waals surface area contributed by atoms with E-state index in [1.807, 2.05) is 0 Å². The van der Waals surface area contributed by atoms with Crippen LogP contribution >= 0.6 is 34.5 Å². The molecule has 1 heterocycles. The Bertz CT molecular complexity index is 728. The SMILES string of the molecule is O=C(O)c1cc(F)c(F)cc1C(=O)c1cc(Cl)sc1Cl. The minimum atomic E-state index is -1.55. The minimum absolute atomic E-state index is 0.0427. The second-order valence-corrected chi connectivity index (χ2v) is 5.97. The van der Waals surface area contributed by atoms with Crippen molar-refractivity contribution in [2.24, 2.45) is 0 Å². The number of thiophene rings is 1. The van der Waals surface area contributed by atoms with Crippen molar-refractivity contribution in [2.45, 2.75) is 0 Å². The lowest BCUT2D eigenvalue weighted by atomic mass is 9.99. The molecular formula is C12H4Cl2F2O3S. The summed E-state index contributed by atoms with van der Waals surface area (Å²) in [5, 5.41) is 8.95. The summed E-state index contributed by atoms with van der Waals surface area (Å²) >= 11 is 12.4. The number of ketones is 1. The average molecular weight is 337 g/mol. The van der Waals surface area contributed by atoms with Gasteiger partial charge in [0.1, 0.15) is 4.34 Å². The molecule has 0 aliphatic carbocycles. The molecule has 0 saturated heterocycles. The van der Waals surface area contributed by atoms with Gasteiger partial charge in [0, 0.05) is 5.56 Å². The third kappa shape index (κ3) is 2.67. The molecule has 0 aliphatic rings. The molecule has 0 unspecified atom stereocenters. The van der Waals surface area contributed by atoms with Gasteiger partial charge < -0.3 is 5.11 Å². The van der Waals surface area contributed by atoms with E-state index in [-0.39, 0.29) is 14.2 Å². The Balaban J connectivity index is 2.62. The highest BCUT2D eigenvalue weighted by molar-refractivity contribution is 7.20. The van der Waals surface area contributed by atoms with Crippen LogP contribution in [-0.2, 0) is 0 Å². The van der Waals surface area contributed by atoms with Crippen LogP contribution < -0.4 is 0 Å².